The van der Waals surface area contributed by atoms with E-state index in [0.717, 1.165) is 38.9 Å². The van der Waals surface area contributed by atoms with Crippen LogP contribution in [0.1, 0.15) is 11.4 Å². The van der Waals surface area contributed by atoms with E-state index in [1.54, 1.807) is 42.0 Å². The summed E-state index contributed by atoms with van der Waals surface area (Å²) >= 11 is 5.12. The lowest BCUT2D eigenvalue weighted by Crippen LogP contribution is -2.06. The maximum absolute atomic E-state index is 5.17. The summed E-state index contributed by atoms with van der Waals surface area (Å²) in [5.74, 6) is 2.56. The number of hydrogen-bond donors (Lipinski definition) is 0. The van der Waals surface area contributed by atoms with E-state index in [1.807, 2.05) is 12.1 Å². The van der Waals surface area contributed by atoms with Crippen molar-refractivity contribution >= 4 is 45.1 Å². The van der Waals surface area contributed by atoms with Gasteiger partial charge in [-0.25, -0.2) is 4.98 Å². The summed E-state index contributed by atoms with van der Waals surface area (Å²) in [6.07, 6.45) is 0. The first kappa shape index (κ1) is 19.4. The molecular formula is C20H20N4OS3. The molecule has 0 aliphatic rings. The van der Waals surface area contributed by atoms with E-state index in [2.05, 4.69) is 57.2 Å². The van der Waals surface area contributed by atoms with Crippen molar-refractivity contribution in [3.8, 4) is 0 Å². The minimum absolute atomic E-state index is 0.693. The highest BCUT2D eigenvalue weighted by Gasteiger charge is 2.14. The summed E-state index contributed by atoms with van der Waals surface area (Å²) in [5, 5.41) is 9.83. The monoisotopic (exact) mass is 428 g/mol. The second kappa shape index (κ2) is 9.56. The molecule has 0 atom stereocenters. The molecule has 0 spiro atoms. The number of hydrogen-bond acceptors (Lipinski definition) is 7. The molecule has 0 N–H and O–H groups in total. The maximum Gasteiger partial charge on any atom is 0.191 e. The van der Waals surface area contributed by atoms with Crippen LogP contribution in [0.25, 0.3) is 10.2 Å². The lowest BCUT2D eigenvalue weighted by atomic mass is 10.2. The fourth-order valence-corrected chi connectivity index (χ4v) is 5.58. The Kier molecular flexibility index (Phi) is 6.64. The third-order valence-electron chi connectivity index (χ3n) is 4.09. The molecule has 0 aliphatic heterocycles. The van der Waals surface area contributed by atoms with Gasteiger partial charge >= 0.3 is 0 Å². The van der Waals surface area contributed by atoms with Crippen LogP contribution < -0.4 is 0 Å². The van der Waals surface area contributed by atoms with E-state index in [0.29, 0.717) is 6.61 Å². The van der Waals surface area contributed by atoms with Gasteiger partial charge in [-0.05, 0) is 17.7 Å². The number of thiazole rings is 1. The molecule has 2 aromatic carbocycles. The molecule has 0 radical (unpaired) electrons. The van der Waals surface area contributed by atoms with Crippen molar-refractivity contribution in [3.05, 3.63) is 66.0 Å². The smallest absolute Gasteiger partial charge is 0.191 e. The quantitative estimate of drug-likeness (QED) is 0.277. The number of thioether (sulfide) groups is 2. The fraction of sp³-hybridized carbons (Fsp3) is 0.250. The van der Waals surface area contributed by atoms with Crippen molar-refractivity contribution in [2.75, 3.05) is 19.5 Å². The average Bonchev–Trinajstić information content (AvgIpc) is 3.31. The zero-order chi connectivity index (χ0) is 19.2. The van der Waals surface area contributed by atoms with E-state index < -0.39 is 0 Å². The molecule has 28 heavy (non-hydrogen) atoms. The van der Waals surface area contributed by atoms with E-state index in [-0.39, 0.29) is 0 Å². The van der Waals surface area contributed by atoms with Crippen molar-refractivity contribution in [1.29, 1.82) is 0 Å². The van der Waals surface area contributed by atoms with Gasteiger partial charge in [0.1, 0.15) is 5.82 Å². The Bertz CT molecular complexity index is 999. The number of fused-ring (bicyclic) bond motifs is 1. The molecule has 2 heterocycles. The Hall–Kier alpha value is -1.87. The van der Waals surface area contributed by atoms with Gasteiger partial charge in [-0.2, -0.15) is 0 Å². The van der Waals surface area contributed by atoms with Crippen molar-refractivity contribution in [2.24, 2.45) is 0 Å². The number of methoxy groups -OCH3 is 1. The lowest BCUT2D eigenvalue weighted by Gasteiger charge is -2.10. The SMILES string of the molecule is COCCSc1nnc(CSc2nc3ccccc3s2)n1Cc1ccccc1. The van der Waals surface area contributed by atoms with Gasteiger partial charge in [0.05, 0.1) is 29.1 Å². The zero-order valence-corrected chi connectivity index (χ0v) is 17.9. The third kappa shape index (κ3) is 4.75. The maximum atomic E-state index is 5.17. The third-order valence-corrected chi connectivity index (χ3v) is 7.20. The number of rotatable bonds is 9. The van der Waals surface area contributed by atoms with Crippen LogP contribution in [0.15, 0.2) is 64.1 Å². The first-order valence-electron chi connectivity index (χ1n) is 8.89. The molecule has 0 saturated heterocycles. The van der Waals surface area contributed by atoms with Gasteiger partial charge < -0.3 is 9.30 Å². The van der Waals surface area contributed by atoms with Gasteiger partial charge in [0.2, 0.25) is 0 Å². The predicted octanol–water partition coefficient (Wildman–Crippen LogP) is 4.97. The van der Waals surface area contributed by atoms with Gasteiger partial charge in [0.15, 0.2) is 9.50 Å². The Morgan fingerprint density at radius 1 is 1.00 bits per heavy atom. The molecule has 4 aromatic rings. The van der Waals surface area contributed by atoms with Gasteiger partial charge in [-0.3, -0.25) is 0 Å². The molecule has 2 aromatic heterocycles. The highest BCUT2D eigenvalue weighted by atomic mass is 32.2. The van der Waals surface area contributed by atoms with Crippen molar-refractivity contribution in [2.45, 2.75) is 21.8 Å². The normalized spacial score (nSPS) is 11.3. The average molecular weight is 429 g/mol. The number of nitrogens with zero attached hydrogens (tertiary/aromatic N) is 4. The Morgan fingerprint density at radius 3 is 2.64 bits per heavy atom. The standard InChI is InChI=1S/C20H20N4OS3/c1-25-11-12-26-19-23-22-18(24(19)13-15-7-3-2-4-8-15)14-27-20-21-16-9-5-6-10-17(16)28-20/h2-10H,11-14H2,1H3. The topological polar surface area (TPSA) is 52.8 Å². The summed E-state index contributed by atoms with van der Waals surface area (Å²) < 4.78 is 9.65. The second-order valence-electron chi connectivity index (χ2n) is 6.05. The molecule has 0 saturated carbocycles. The molecule has 0 bridgehead atoms. The van der Waals surface area contributed by atoms with Gasteiger partial charge in [0, 0.05) is 12.9 Å². The highest BCUT2D eigenvalue weighted by Crippen LogP contribution is 2.31. The molecule has 0 aliphatic carbocycles. The van der Waals surface area contributed by atoms with Gasteiger partial charge in [0.25, 0.3) is 0 Å². The summed E-state index contributed by atoms with van der Waals surface area (Å²) in [6, 6.07) is 18.7. The largest absolute Gasteiger partial charge is 0.384 e. The van der Waals surface area contributed by atoms with Crippen LogP contribution in [0, 0.1) is 0 Å². The second-order valence-corrected chi connectivity index (χ2v) is 9.36. The molecule has 8 heteroatoms. The molecule has 4 rings (SSSR count). The van der Waals surface area contributed by atoms with Gasteiger partial charge in [-0.15, -0.1) is 21.5 Å². The highest BCUT2D eigenvalue weighted by molar-refractivity contribution is 8.00. The van der Waals surface area contributed by atoms with Crippen molar-refractivity contribution < 1.29 is 4.74 Å². The summed E-state index contributed by atoms with van der Waals surface area (Å²) in [7, 11) is 1.72. The molecule has 0 amide bonds. The van der Waals surface area contributed by atoms with Crippen molar-refractivity contribution in [3.63, 3.8) is 0 Å². The Morgan fingerprint density at radius 2 is 1.82 bits per heavy atom. The zero-order valence-electron chi connectivity index (χ0n) is 15.4. The molecule has 0 fully saturated rings. The van der Waals surface area contributed by atoms with Crippen LogP contribution in [-0.2, 0) is 17.0 Å². The molecule has 144 valence electrons. The number of benzene rings is 2. The van der Waals surface area contributed by atoms with Gasteiger partial charge in [-0.1, -0.05) is 66.0 Å². The Labute approximate surface area is 176 Å². The van der Waals surface area contributed by atoms with E-state index in [1.165, 1.54) is 10.3 Å². The van der Waals surface area contributed by atoms with Crippen LogP contribution in [-0.4, -0.2) is 39.2 Å². The predicted molar refractivity (Wildman–Crippen MR) is 117 cm³/mol. The molecule has 5 nitrogen and oxygen atoms in total. The van der Waals surface area contributed by atoms with Crippen LogP contribution in [0.3, 0.4) is 0 Å². The van der Waals surface area contributed by atoms with Crippen LogP contribution in [0.2, 0.25) is 0 Å². The van der Waals surface area contributed by atoms with E-state index in [9.17, 15) is 0 Å². The molecular weight excluding hydrogens is 408 g/mol. The van der Waals surface area contributed by atoms with Crippen LogP contribution in [0.5, 0.6) is 0 Å². The number of aromatic nitrogens is 4. The van der Waals surface area contributed by atoms with Crippen LogP contribution >= 0.6 is 34.9 Å². The summed E-state index contributed by atoms with van der Waals surface area (Å²) in [6.45, 7) is 1.46. The molecule has 0 unspecified atom stereocenters. The fourth-order valence-electron chi connectivity index (χ4n) is 2.71. The van der Waals surface area contributed by atoms with E-state index in [4.69, 9.17) is 9.72 Å². The summed E-state index contributed by atoms with van der Waals surface area (Å²) in [4.78, 5) is 4.71. The van der Waals surface area contributed by atoms with Crippen molar-refractivity contribution in [1.82, 2.24) is 19.7 Å². The van der Waals surface area contributed by atoms with E-state index >= 15 is 0 Å². The lowest BCUT2D eigenvalue weighted by molar-refractivity contribution is 0.218. The minimum atomic E-state index is 0.693. The first-order chi connectivity index (χ1) is 13.8. The summed E-state index contributed by atoms with van der Waals surface area (Å²) in [5.41, 5.74) is 2.29. The first-order valence-corrected chi connectivity index (χ1v) is 11.7. The number of ether oxygens (including phenoxy) is 1. The minimum Gasteiger partial charge on any atom is -0.384 e. The van der Waals surface area contributed by atoms with Crippen LogP contribution in [0.4, 0.5) is 0 Å². The Balaban J connectivity index is 1.52. The number of para-hydroxylation sites is 1.